The van der Waals surface area contributed by atoms with Gasteiger partial charge >= 0.3 is 0 Å². The molecule has 1 atom stereocenters. The van der Waals surface area contributed by atoms with Crippen LogP contribution in [0.1, 0.15) is 23.7 Å². The molecule has 0 amide bonds. The molecule has 8 aromatic carbocycles. The van der Waals surface area contributed by atoms with Crippen LogP contribution in [-0.4, -0.2) is 24.5 Å². The van der Waals surface area contributed by atoms with Crippen LogP contribution >= 0.6 is 0 Å². The van der Waals surface area contributed by atoms with Gasteiger partial charge in [0.05, 0.1) is 11.0 Å². The van der Waals surface area contributed by atoms with Gasteiger partial charge in [0.2, 0.25) is 0 Å². The van der Waals surface area contributed by atoms with E-state index in [1.54, 1.807) is 0 Å². The lowest BCUT2D eigenvalue weighted by atomic mass is 9.84. The molecule has 0 saturated carbocycles. The van der Waals surface area contributed by atoms with E-state index in [-0.39, 0.29) is 5.92 Å². The van der Waals surface area contributed by atoms with Crippen molar-refractivity contribution in [3.63, 3.8) is 0 Å². The molecule has 0 bridgehead atoms. The van der Waals surface area contributed by atoms with Gasteiger partial charge in [-0.25, -0.2) is 15.0 Å². The van der Waals surface area contributed by atoms with Crippen molar-refractivity contribution >= 4 is 27.4 Å². The molecular formula is C62H43N5. The van der Waals surface area contributed by atoms with Gasteiger partial charge in [-0.3, -0.25) is 4.98 Å². The van der Waals surface area contributed by atoms with Crippen molar-refractivity contribution < 1.29 is 0 Å². The number of rotatable bonds is 9. The van der Waals surface area contributed by atoms with E-state index in [0.717, 1.165) is 56.4 Å². The SMILES string of the molecule is C1=CC(c2cc(-c3ccccc3)cc(-c3ccccc3)c2)CC(c2nc(-c3ccccc3)nc(-c3cncc(-c4cccc5c4c4cc(-c6ccccc6)ccc4n5-c4ccccc4)c3)n2)=C1. The number of aromatic nitrogens is 5. The number of benzene rings is 8. The average Bonchev–Trinajstić information content (AvgIpc) is 3.76. The van der Waals surface area contributed by atoms with E-state index < -0.39 is 0 Å². The molecule has 3 heterocycles. The van der Waals surface area contributed by atoms with Crippen molar-refractivity contribution in [2.45, 2.75) is 12.3 Å². The molecular weight excluding hydrogens is 815 g/mol. The highest BCUT2D eigenvalue weighted by Crippen LogP contribution is 2.42. The first-order chi connectivity index (χ1) is 33.2. The second-order valence-electron chi connectivity index (χ2n) is 17.1. The first kappa shape index (κ1) is 39.8. The maximum atomic E-state index is 5.28. The summed E-state index contributed by atoms with van der Waals surface area (Å²) in [6.07, 6.45) is 11.2. The summed E-state index contributed by atoms with van der Waals surface area (Å²) in [6, 6.07) is 75.2. The highest BCUT2D eigenvalue weighted by Gasteiger charge is 2.22. The van der Waals surface area contributed by atoms with Crippen LogP contribution in [0.3, 0.4) is 0 Å². The summed E-state index contributed by atoms with van der Waals surface area (Å²) in [5, 5.41) is 2.34. The molecule has 11 aromatic rings. The lowest BCUT2D eigenvalue weighted by Crippen LogP contribution is -2.07. The Morgan fingerprint density at radius 3 is 1.61 bits per heavy atom. The van der Waals surface area contributed by atoms with Crippen LogP contribution in [0.5, 0.6) is 0 Å². The minimum atomic E-state index is 0.109. The van der Waals surface area contributed by atoms with E-state index in [9.17, 15) is 0 Å². The number of para-hydroxylation sites is 1. The lowest BCUT2D eigenvalue weighted by Gasteiger charge is -2.21. The molecule has 0 radical (unpaired) electrons. The molecule has 0 N–H and O–H groups in total. The summed E-state index contributed by atoms with van der Waals surface area (Å²) in [7, 11) is 0. The molecule has 3 aromatic heterocycles. The van der Waals surface area contributed by atoms with Crippen molar-refractivity contribution in [1.29, 1.82) is 0 Å². The van der Waals surface area contributed by atoms with E-state index in [4.69, 9.17) is 19.9 Å². The topological polar surface area (TPSA) is 56.5 Å². The summed E-state index contributed by atoms with van der Waals surface area (Å²) in [5.41, 5.74) is 16.6. The predicted molar refractivity (Wildman–Crippen MR) is 275 cm³/mol. The predicted octanol–water partition coefficient (Wildman–Crippen LogP) is 15.5. The van der Waals surface area contributed by atoms with E-state index in [1.165, 1.54) is 44.3 Å². The molecule has 5 nitrogen and oxygen atoms in total. The number of hydrogen-bond acceptors (Lipinski definition) is 4. The normalized spacial score (nSPS) is 13.5. The van der Waals surface area contributed by atoms with Gasteiger partial charge in [0.25, 0.3) is 0 Å². The van der Waals surface area contributed by atoms with Gasteiger partial charge in [0.1, 0.15) is 0 Å². The highest BCUT2D eigenvalue weighted by atomic mass is 15.0. The first-order valence-electron chi connectivity index (χ1n) is 22.8. The minimum absolute atomic E-state index is 0.109. The number of hydrogen-bond donors (Lipinski definition) is 0. The first-order valence-corrected chi connectivity index (χ1v) is 22.8. The van der Waals surface area contributed by atoms with Gasteiger partial charge in [-0.15, -0.1) is 0 Å². The molecule has 1 aliphatic rings. The lowest BCUT2D eigenvalue weighted by molar-refractivity contribution is 0.854. The Kier molecular flexibility index (Phi) is 10.3. The van der Waals surface area contributed by atoms with E-state index in [0.29, 0.717) is 17.5 Å². The second kappa shape index (κ2) is 17.3. The zero-order valence-corrected chi connectivity index (χ0v) is 36.6. The van der Waals surface area contributed by atoms with Crippen LogP contribution in [0.4, 0.5) is 0 Å². The minimum Gasteiger partial charge on any atom is -0.309 e. The van der Waals surface area contributed by atoms with Gasteiger partial charge in [-0.1, -0.05) is 188 Å². The Balaban J connectivity index is 0.966. The number of fused-ring (bicyclic) bond motifs is 3. The van der Waals surface area contributed by atoms with Gasteiger partial charge in [0, 0.05) is 51.5 Å². The fraction of sp³-hybridized carbons (Fsp3) is 0.0323. The van der Waals surface area contributed by atoms with Gasteiger partial charge < -0.3 is 4.57 Å². The zero-order chi connectivity index (χ0) is 44.5. The Morgan fingerprint density at radius 2 is 0.955 bits per heavy atom. The van der Waals surface area contributed by atoms with E-state index in [1.807, 2.05) is 30.6 Å². The van der Waals surface area contributed by atoms with Crippen LogP contribution < -0.4 is 0 Å². The maximum absolute atomic E-state index is 5.28. The van der Waals surface area contributed by atoms with E-state index in [2.05, 4.69) is 217 Å². The molecule has 0 aliphatic heterocycles. The fourth-order valence-corrected chi connectivity index (χ4v) is 9.58. The van der Waals surface area contributed by atoms with Crippen molar-refractivity contribution in [2.75, 3.05) is 0 Å². The Bertz CT molecular complexity index is 3580. The molecule has 0 fully saturated rings. The van der Waals surface area contributed by atoms with Crippen molar-refractivity contribution in [1.82, 2.24) is 24.5 Å². The van der Waals surface area contributed by atoms with Crippen LogP contribution in [0.2, 0.25) is 0 Å². The summed E-state index contributed by atoms with van der Waals surface area (Å²) >= 11 is 0. The number of nitrogens with zero attached hydrogens (tertiary/aromatic N) is 5. The zero-order valence-electron chi connectivity index (χ0n) is 36.6. The van der Waals surface area contributed by atoms with Gasteiger partial charge in [0.15, 0.2) is 17.5 Å². The molecule has 5 heteroatoms. The Hall–Kier alpha value is -8.80. The monoisotopic (exact) mass is 857 g/mol. The largest absolute Gasteiger partial charge is 0.309 e. The standard InChI is InChI=1S/C62H43N5/c1-6-18-42(19-7-1)47-32-33-57-56(39-47)59-55(30-17-31-58(59)67(57)54-28-14-5-15-29-54)52-38-53(41-63-40-52)62-65-60(45-24-12-4-13-25-45)64-61(66-62)48-27-16-26-46(34-48)51-36-49(43-20-8-2-9-21-43)35-50(37-51)44-22-10-3-11-23-44/h1-33,35-41,46H,34H2. The van der Waals surface area contributed by atoms with Crippen molar-refractivity contribution in [2.24, 2.45) is 0 Å². The molecule has 12 rings (SSSR count). The summed E-state index contributed by atoms with van der Waals surface area (Å²) in [6.45, 7) is 0. The van der Waals surface area contributed by atoms with Crippen molar-refractivity contribution in [3.8, 4) is 73.0 Å². The van der Waals surface area contributed by atoms with Gasteiger partial charge in [-0.05, 0) is 99.0 Å². The third kappa shape index (κ3) is 7.73. The second-order valence-corrected chi connectivity index (χ2v) is 17.1. The Morgan fingerprint density at radius 1 is 0.403 bits per heavy atom. The molecule has 1 unspecified atom stereocenters. The smallest absolute Gasteiger partial charge is 0.165 e. The maximum Gasteiger partial charge on any atom is 0.165 e. The number of allylic oxidation sites excluding steroid dienone is 4. The third-order valence-corrected chi connectivity index (χ3v) is 12.9. The summed E-state index contributed by atoms with van der Waals surface area (Å²) in [5.74, 6) is 1.97. The quantitative estimate of drug-likeness (QED) is 0.145. The highest BCUT2D eigenvalue weighted by molar-refractivity contribution is 6.16. The van der Waals surface area contributed by atoms with Crippen LogP contribution in [-0.2, 0) is 0 Å². The van der Waals surface area contributed by atoms with Crippen LogP contribution in [0.25, 0.3) is 100 Å². The molecule has 1 aliphatic carbocycles. The summed E-state index contributed by atoms with van der Waals surface area (Å²) in [4.78, 5) is 20.5. The Labute approximate surface area is 389 Å². The molecule has 0 saturated heterocycles. The molecule has 316 valence electrons. The van der Waals surface area contributed by atoms with Crippen LogP contribution in [0, 0.1) is 0 Å². The third-order valence-electron chi connectivity index (χ3n) is 12.9. The fourth-order valence-electron chi connectivity index (χ4n) is 9.58. The summed E-state index contributed by atoms with van der Waals surface area (Å²) < 4.78 is 2.37. The van der Waals surface area contributed by atoms with Gasteiger partial charge in [-0.2, -0.15) is 0 Å². The van der Waals surface area contributed by atoms with Crippen molar-refractivity contribution in [3.05, 3.63) is 254 Å². The van der Waals surface area contributed by atoms with Crippen LogP contribution in [0.15, 0.2) is 243 Å². The number of pyridine rings is 1. The molecule has 0 spiro atoms. The average molecular weight is 858 g/mol. The van der Waals surface area contributed by atoms with E-state index >= 15 is 0 Å². The molecule has 67 heavy (non-hydrogen) atoms.